The molecule has 32 heavy (non-hydrogen) atoms. The number of hydrogen-bond donors (Lipinski definition) is 2. The Balaban J connectivity index is 1.52. The predicted octanol–water partition coefficient (Wildman–Crippen LogP) is 6.69. The molecule has 0 radical (unpaired) electrons. The molecule has 174 valence electrons. The van der Waals surface area contributed by atoms with Crippen LogP contribution in [0.2, 0.25) is 5.02 Å². The Bertz CT molecular complexity index is 892. The van der Waals surface area contributed by atoms with Crippen molar-refractivity contribution in [2.75, 3.05) is 30.4 Å². The van der Waals surface area contributed by atoms with Gasteiger partial charge in [0.05, 0.1) is 10.7 Å². The maximum absolute atomic E-state index is 14.6. The molecule has 1 aliphatic heterocycles. The maximum atomic E-state index is 14.6. The molecule has 7 heteroatoms. The van der Waals surface area contributed by atoms with Crippen LogP contribution in [0.1, 0.15) is 64.7 Å². The standard InChI is InChI=1S/C25H34ClFN4O/c1-2-10-25(11-13-32-14-12-25)17-29-24-21(27)8-9-22(31-24)19-15-23(28-16-20(19)26)30-18-6-4-3-5-7-18/h8-9,15-16,18H,2-7,10-14,17H2,1H3,(H,28,30)(H,29,31). The van der Waals surface area contributed by atoms with Crippen LogP contribution in [0.5, 0.6) is 0 Å². The van der Waals surface area contributed by atoms with Crippen molar-refractivity contribution in [2.24, 2.45) is 5.41 Å². The van der Waals surface area contributed by atoms with Gasteiger partial charge in [0.25, 0.3) is 0 Å². The van der Waals surface area contributed by atoms with Crippen molar-refractivity contribution in [2.45, 2.75) is 70.8 Å². The minimum Gasteiger partial charge on any atom is -0.381 e. The first-order valence-electron chi connectivity index (χ1n) is 12.0. The largest absolute Gasteiger partial charge is 0.381 e. The molecule has 2 aromatic heterocycles. The number of halogens is 2. The minimum atomic E-state index is -0.349. The maximum Gasteiger partial charge on any atom is 0.165 e. The van der Waals surface area contributed by atoms with Crippen LogP contribution in [-0.4, -0.2) is 35.8 Å². The molecule has 0 amide bonds. The molecular formula is C25H34ClFN4O. The van der Waals surface area contributed by atoms with Crippen molar-refractivity contribution in [1.29, 1.82) is 0 Å². The molecule has 5 nitrogen and oxygen atoms in total. The first-order chi connectivity index (χ1) is 15.6. The second kappa shape index (κ2) is 10.8. The molecule has 0 unspecified atom stereocenters. The molecule has 0 aromatic carbocycles. The summed E-state index contributed by atoms with van der Waals surface area (Å²) in [6.45, 7) is 4.42. The number of anilines is 2. The fraction of sp³-hybridized carbons (Fsp3) is 0.600. The summed E-state index contributed by atoms with van der Waals surface area (Å²) in [6, 6.07) is 5.52. The van der Waals surface area contributed by atoms with E-state index in [9.17, 15) is 4.39 Å². The van der Waals surface area contributed by atoms with Gasteiger partial charge in [-0.2, -0.15) is 0 Å². The average molecular weight is 461 g/mol. The zero-order chi connectivity index (χ0) is 22.4. The van der Waals surface area contributed by atoms with Crippen molar-refractivity contribution in [1.82, 2.24) is 9.97 Å². The lowest BCUT2D eigenvalue weighted by molar-refractivity contribution is 0.0164. The topological polar surface area (TPSA) is 59.1 Å². The van der Waals surface area contributed by atoms with Gasteiger partial charge in [-0.3, -0.25) is 0 Å². The van der Waals surface area contributed by atoms with Gasteiger partial charge in [-0.1, -0.05) is 44.2 Å². The van der Waals surface area contributed by atoms with Crippen LogP contribution in [-0.2, 0) is 4.74 Å². The molecule has 1 aliphatic carbocycles. The summed E-state index contributed by atoms with van der Waals surface area (Å²) in [6.07, 6.45) is 11.9. The van der Waals surface area contributed by atoms with E-state index < -0.39 is 0 Å². The first kappa shape index (κ1) is 23.2. The van der Waals surface area contributed by atoms with Crippen molar-refractivity contribution in [3.63, 3.8) is 0 Å². The highest BCUT2D eigenvalue weighted by molar-refractivity contribution is 6.33. The highest BCUT2D eigenvalue weighted by atomic mass is 35.5. The molecule has 2 N–H and O–H groups in total. The molecule has 2 aliphatic rings. The molecule has 0 spiro atoms. The van der Waals surface area contributed by atoms with E-state index >= 15 is 0 Å². The fourth-order valence-electron chi connectivity index (χ4n) is 5.01. The van der Waals surface area contributed by atoms with Gasteiger partial charge >= 0.3 is 0 Å². The molecular weight excluding hydrogens is 427 g/mol. The van der Waals surface area contributed by atoms with Crippen LogP contribution >= 0.6 is 11.6 Å². The zero-order valence-electron chi connectivity index (χ0n) is 18.9. The van der Waals surface area contributed by atoms with E-state index in [0.29, 0.717) is 23.3 Å². The lowest BCUT2D eigenvalue weighted by Gasteiger charge is -2.37. The Labute approximate surface area is 195 Å². The number of rotatable bonds is 8. The summed E-state index contributed by atoms with van der Waals surface area (Å²) >= 11 is 6.47. The van der Waals surface area contributed by atoms with E-state index in [1.54, 1.807) is 12.3 Å². The Hall–Kier alpha value is -1.92. The normalized spacial score (nSPS) is 19.0. The number of nitrogens with one attached hydrogen (secondary N) is 2. The average Bonchev–Trinajstić information content (AvgIpc) is 2.81. The SMILES string of the molecule is CCCC1(CNc2nc(-c3cc(NC4CCCCC4)ncc3Cl)ccc2F)CCOCC1. The number of pyridine rings is 2. The quantitative estimate of drug-likeness (QED) is 0.459. The number of aromatic nitrogens is 2. The second-order valence-electron chi connectivity index (χ2n) is 9.27. The highest BCUT2D eigenvalue weighted by Crippen LogP contribution is 2.36. The first-order valence-corrected chi connectivity index (χ1v) is 12.4. The van der Waals surface area contributed by atoms with Gasteiger partial charge in [-0.15, -0.1) is 0 Å². The molecule has 1 saturated carbocycles. The molecule has 2 aromatic rings. The second-order valence-corrected chi connectivity index (χ2v) is 9.68. The summed E-state index contributed by atoms with van der Waals surface area (Å²) in [5.74, 6) is 0.721. The fourth-order valence-corrected chi connectivity index (χ4v) is 5.21. The smallest absolute Gasteiger partial charge is 0.165 e. The van der Waals surface area contributed by atoms with Gasteiger partial charge < -0.3 is 15.4 Å². The van der Waals surface area contributed by atoms with Crippen molar-refractivity contribution < 1.29 is 9.13 Å². The number of nitrogens with zero attached hydrogens (tertiary/aromatic N) is 2. The Morgan fingerprint density at radius 2 is 1.97 bits per heavy atom. The molecule has 2 fully saturated rings. The number of hydrogen-bond acceptors (Lipinski definition) is 5. The van der Waals surface area contributed by atoms with Crippen LogP contribution in [0.3, 0.4) is 0 Å². The third kappa shape index (κ3) is 5.70. The summed E-state index contributed by atoms with van der Waals surface area (Å²) in [5.41, 5.74) is 1.53. The van der Waals surface area contributed by atoms with Gasteiger partial charge in [-0.05, 0) is 55.7 Å². The summed E-state index contributed by atoms with van der Waals surface area (Å²) < 4.78 is 20.2. The Morgan fingerprint density at radius 3 is 2.72 bits per heavy atom. The third-order valence-corrected chi connectivity index (χ3v) is 7.20. The lowest BCUT2D eigenvalue weighted by Crippen LogP contribution is -2.36. The van der Waals surface area contributed by atoms with Gasteiger partial charge in [0.15, 0.2) is 11.6 Å². The molecule has 1 saturated heterocycles. The van der Waals surface area contributed by atoms with Crippen LogP contribution in [0.15, 0.2) is 24.4 Å². The third-order valence-electron chi connectivity index (χ3n) is 6.90. The highest BCUT2D eigenvalue weighted by Gasteiger charge is 2.32. The van der Waals surface area contributed by atoms with E-state index in [2.05, 4.69) is 27.5 Å². The van der Waals surface area contributed by atoms with E-state index in [4.69, 9.17) is 16.3 Å². The minimum absolute atomic E-state index is 0.128. The molecule has 0 atom stereocenters. The van der Waals surface area contributed by atoms with Gasteiger partial charge in [-0.25, -0.2) is 14.4 Å². The molecule has 3 heterocycles. The monoisotopic (exact) mass is 460 g/mol. The summed E-state index contributed by atoms with van der Waals surface area (Å²) in [4.78, 5) is 9.06. The Morgan fingerprint density at radius 1 is 1.19 bits per heavy atom. The van der Waals surface area contributed by atoms with E-state index in [1.165, 1.54) is 25.3 Å². The summed E-state index contributed by atoms with van der Waals surface area (Å²) in [5, 5.41) is 7.34. The van der Waals surface area contributed by atoms with Crippen LogP contribution in [0, 0.1) is 11.2 Å². The van der Waals surface area contributed by atoms with Crippen LogP contribution in [0.25, 0.3) is 11.3 Å². The van der Waals surface area contributed by atoms with Crippen LogP contribution in [0.4, 0.5) is 16.0 Å². The molecule has 0 bridgehead atoms. The van der Waals surface area contributed by atoms with Crippen molar-refractivity contribution >= 4 is 23.2 Å². The van der Waals surface area contributed by atoms with E-state index in [0.717, 1.165) is 63.1 Å². The van der Waals surface area contributed by atoms with Crippen molar-refractivity contribution in [3.05, 3.63) is 35.2 Å². The van der Waals surface area contributed by atoms with Gasteiger partial charge in [0.1, 0.15) is 5.82 Å². The summed E-state index contributed by atoms with van der Waals surface area (Å²) in [7, 11) is 0. The number of ether oxygens (including phenoxy) is 1. The van der Waals surface area contributed by atoms with Gasteiger partial charge in [0, 0.05) is 37.6 Å². The Kier molecular flexibility index (Phi) is 7.84. The lowest BCUT2D eigenvalue weighted by atomic mass is 9.76. The van der Waals surface area contributed by atoms with Gasteiger partial charge in [0.2, 0.25) is 0 Å². The van der Waals surface area contributed by atoms with E-state index in [-0.39, 0.29) is 17.1 Å². The van der Waals surface area contributed by atoms with Crippen molar-refractivity contribution in [3.8, 4) is 11.3 Å². The van der Waals surface area contributed by atoms with E-state index in [1.807, 2.05) is 6.07 Å². The van der Waals surface area contributed by atoms with Crippen LogP contribution < -0.4 is 10.6 Å². The predicted molar refractivity (Wildman–Crippen MR) is 129 cm³/mol. The zero-order valence-corrected chi connectivity index (χ0v) is 19.7. The molecule has 4 rings (SSSR count).